The van der Waals surface area contributed by atoms with Gasteiger partial charge in [0.15, 0.2) is 5.65 Å². The molecule has 2 aromatic heterocycles. The first-order valence-electron chi connectivity index (χ1n) is 6.14. The van der Waals surface area contributed by atoms with Gasteiger partial charge in [-0.1, -0.05) is 37.3 Å². The van der Waals surface area contributed by atoms with Crippen molar-refractivity contribution in [1.29, 1.82) is 0 Å². The molecule has 3 rings (SSSR count). The van der Waals surface area contributed by atoms with Gasteiger partial charge in [0, 0.05) is 0 Å². The Kier molecular flexibility index (Phi) is 3.17. The highest BCUT2D eigenvalue weighted by Crippen LogP contribution is 2.23. The number of H-pyrrole nitrogens is 1. The van der Waals surface area contributed by atoms with E-state index in [2.05, 4.69) is 39.0 Å². The average molecular weight is 273 g/mol. The van der Waals surface area contributed by atoms with Crippen LogP contribution in [-0.2, 0) is 6.42 Å². The van der Waals surface area contributed by atoms with Crippen molar-refractivity contribution in [1.82, 2.24) is 19.9 Å². The van der Waals surface area contributed by atoms with Crippen LogP contribution in [0.15, 0.2) is 36.7 Å². The smallest absolute Gasteiger partial charge is 0.224 e. The fourth-order valence-electron chi connectivity index (χ4n) is 2.20. The number of aromatic nitrogens is 4. The van der Waals surface area contributed by atoms with Crippen LogP contribution in [0.25, 0.3) is 11.2 Å². The molecular weight excluding hydrogens is 260 g/mol. The number of imidazole rings is 1. The lowest BCUT2D eigenvalue weighted by Gasteiger charge is -2.11. The molecule has 3 aromatic rings. The summed E-state index contributed by atoms with van der Waals surface area (Å²) in [4.78, 5) is 15.6. The zero-order chi connectivity index (χ0) is 13.2. The van der Waals surface area contributed by atoms with E-state index in [-0.39, 0.29) is 5.28 Å². The van der Waals surface area contributed by atoms with E-state index in [9.17, 15) is 0 Å². The van der Waals surface area contributed by atoms with E-state index >= 15 is 0 Å². The molecule has 19 heavy (non-hydrogen) atoms. The third-order valence-corrected chi connectivity index (χ3v) is 3.37. The van der Waals surface area contributed by atoms with Crippen LogP contribution in [0.1, 0.15) is 24.1 Å². The Balaban J connectivity index is 1.95. The van der Waals surface area contributed by atoms with Crippen LogP contribution in [0.5, 0.6) is 0 Å². The molecule has 0 saturated carbocycles. The zero-order valence-corrected chi connectivity index (χ0v) is 11.2. The molecule has 5 heteroatoms. The highest BCUT2D eigenvalue weighted by atomic mass is 35.5. The summed E-state index contributed by atoms with van der Waals surface area (Å²) >= 11 is 5.93. The molecule has 0 aliphatic carbocycles. The van der Waals surface area contributed by atoms with Crippen LogP contribution < -0.4 is 0 Å². The van der Waals surface area contributed by atoms with Gasteiger partial charge in [0.1, 0.15) is 5.52 Å². The summed E-state index contributed by atoms with van der Waals surface area (Å²) in [5.74, 6) is 0.360. The maximum absolute atomic E-state index is 5.93. The maximum Gasteiger partial charge on any atom is 0.224 e. The standard InChI is InChI=1S/C14H13ClN4/c1-9(10-5-3-2-4-6-10)7-11-12-13(17-8-16-12)19-14(15)18-11/h2-6,8-9H,7H2,1H3,(H,16,17,18,19)/t9-/m0/s1. The molecule has 1 atom stereocenters. The molecule has 0 saturated heterocycles. The minimum atomic E-state index is 0.245. The summed E-state index contributed by atoms with van der Waals surface area (Å²) < 4.78 is 0. The summed E-state index contributed by atoms with van der Waals surface area (Å²) in [6, 6.07) is 10.4. The number of hydrogen-bond acceptors (Lipinski definition) is 3. The third kappa shape index (κ3) is 2.44. The van der Waals surface area contributed by atoms with E-state index in [1.54, 1.807) is 6.33 Å². The van der Waals surface area contributed by atoms with Crippen molar-refractivity contribution in [2.75, 3.05) is 0 Å². The fourth-order valence-corrected chi connectivity index (χ4v) is 2.38. The number of hydrogen-bond donors (Lipinski definition) is 1. The molecule has 0 aliphatic rings. The summed E-state index contributed by atoms with van der Waals surface area (Å²) in [6.07, 6.45) is 2.41. The SMILES string of the molecule is C[C@@H](Cc1nc(Cl)nc2nc[nH]c12)c1ccccc1. The Morgan fingerprint density at radius 2 is 2.00 bits per heavy atom. The number of rotatable bonds is 3. The number of aromatic amines is 1. The van der Waals surface area contributed by atoms with Crippen LogP contribution in [0.4, 0.5) is 0 Å². The molecular formula is C14H13ClN4. The molecule has 4 nitrogen and oxygen atoms in total. The lowest BCUT2D eigenvalue weighted by Crippen LogP contribution is -2.02. The van der Waals surface area contributed by atoms with Gasteiger partial charge in [-0.3, -0.25) is 0 Å². The normalized spacial score (nSPS) is 12.7. The highest BCUT2D eigenvalue weighted by Gasteiger charge is 2.13. The first-order valence-corrected chi connectivity index (χ1v) is 6.52. The molecule has 1 aromatic carbocycles. The number of nitrogens with one attached hydrogen (secondary N) is 1. The van der Waals surface area contributed by atoms with E-state index in [4.69, 9.17) is 11.6 Å². The predicted molar refractivity (Wildman–Crippen MR) is 75.3 cm³/mol. The highest BCUT2D eigenvalue weighted by molar-refractivity contribution is 6.28. The first kappa shape index (κ1) is 12.1. The minimum Gasteiger partial charge on any atom is -0.342 e. The van der Waals surface area contributed by atoms with E-state index in [0.29, 0.717) is 11.6 Å². The van der Waals surface area contributed by atoms with Gasteiger partial charge < -0.3 is 4.98 Å². The maximum atomic E-state index is 5.93. The van der Waals surface area contributed by atoms with Crippen LogP contribution in [-0.4, -0.2) is 19.9 Å². The van der Waals surface area contributed by atoms with E-state index in [1.165, 1.54) is 5.56 Å². The van der Waals surface area contributed by atoms with Crippen LogP contribution in [0, 0.1) is 0 Å². The minimum absolute atomic E-state index is 0.245. The van der Waals surface area contributed by atoms with Crippen LogP contribution >= 0.6 is 11.6 Å². The summed E-state index contributed by atoms with van der Waals surface area (Å²) in [5, 5.41) is 0.245. The Bertz CT molecular complexity index is 693. The topological polar surface area (TPSA) is 54.5 Å². The van der Waals surface area contributed by atoms with E-state index in [0.717, 1.165) is 17.6 Å². The monoisotopic (exact) mass is 272 g/mol. The molecule has 2 heterocycles. The fraction of sp³-hybridized carbons (Fsp3) is 0.214. The Labute approximate surface area is 115 Å². The molecule has 0 fully saturated rings. The first-order chi connectivity index (χ1) is 9.24. The van der Waals surface area contributed by atoms with E-state index in [1.807, 2.05) is 18.2 Å². The molecule has 0 amide bonds. The van der Waals surface area contributed by atoms with Crippen molar-refractivity contribution >= 4 is 22.8 Å². The Morgan fingerprint density at radius 1 is 1.21 bits per heavy atom. The van der Waals surface area contributed by atoms with Crippen molar-refractivity contribution in [2.45, 2.75) is 19.3 Å². The largest absolute Gasteiger partial charge is 0.342 e. The van der Waals surface area contributed by atoms with Crippen molar-refractivity contribution in [3.8, 4) is 0 Å². The second-order valence-corrected chi connectivity index (χ2v) is 4.89. The van der Waals surface area contributed by atoms with Crippen molar-refractivity contribution < 1.29 is 0 Å². The van der Waals surface area contributed by atoms with Crippen molar-refractivity contribution in [3.05, 3.63) is 53.2 Å². The lowest BCUT2D eigenvalue weighted by atomic mass is 9.96. The van der Waals surface area contributed by atoms with Gasteiger partial charge in [0.2, 0.25) is 5.28 Å². The summed E-state index contributed by atoms with van der Waals surface area (Å²) in [5.41, 5.74) is 3.68. The van der Waals surface area contributed by atoms with Crippen LogP contribution in [0.3, 0.4) is 0 Å². The quantitative estimate of drug-likeness (QED) is 0.744. The second kappa shape index (κ2) is 4.97. The molecule has 0 bridgehead atoms. The summed E-state index contributed by atoms with van der Waals surface area (Å²) in [7, 11) is 0. The molecule has 1 N–H and O–H groups in total. The third-order valence-electron chi connectivity index (χ3n) is 3.20. The van der Waals surface area contributed by atoms with Crippen LogP contribution in [0.2, 0.25) is 5.28 Å². The van der Waals surface area contributed by atoms with Crippen molar-refractivity contribution in [2.24, 2.45) is 0 Å². The van der Waals surface area contributed by atoms with Gasteiger partial charge >= 0.3 is 0 Å². The number of benzene rings is 1. The van der Waals surface area contributed by atoms with Gasteiger partial charge in [-0.15, -0.1) is 0 Å². The number of nitrogens with zero attached hydrogens (tertiary/aromatic N) is 3. The molecule has 0 spiro atoms. The molecule has 0 aliphatic heterocycles. The predicted octanol–water partition coefficient (Wildman–Crippen LogP) is 3.35. The van der Waals surface area contributed by atoms with Gasteiger partial charge in [-0.25, -0.2) is 9.97 Å². The average Bonchev–Trinajstić information content (AvgIpc) is 2.88. The molecule has 96 valence electrons. The van der Waals surface area contributed by atoms with Gasteiger partial charge in [-0.05, 0) is 29.5 Å². The molecule has 0 unspecified atom stereocenters. The van der Waals surface area contributed by atoms with Crippen molar-refractivity contribution in [3.63, 3.8) is 0 Å². The second-order valence-electron chi connectivity index (χ2n) is 4.56. The lowest BCUT2D eigenvalue weighted by molar-refractivity contribution is 0.743. The van der Waals surface area contributed by atoms with E-state index < -0.39 is 0 Å². The van der Waals surface area contributed by atoms with Gasteiger partial charge in [-0.2, -0.15) is 4.98 Å². The summed E-state index contributed by atoms with van der Waals surface area (Å²) in [6.45, 7) is 2.17. The van der Waals surface area contributed by atoms with Gasteiger partial charge in [0.25, 0.3) is 0 Å². The Morgan fingerprint density at radius 3 is 2.79 bits per heavy atom. The zero-order valence-electron chi connectivity index (χ0n) is 10.5. The number of halogens is 1. The van der Waals surface area contributed by atoms with Gasteiger partial charge in [0.05, 0.1) is 12.0 Å². The Hall–Kier alpha value is -1.94. The molecule has 0 radical (unpaired) electrons. The number of fused-ring (bicyclic) bond motifs is 1.